The zero-order valence-corrected chi connectivity index (χ0v) is 14.8. The molecule has 2 heteroatoms. The van der Waals surface area contributed by atoms with Gasteiger partial charge in [0.25, 0.3) is 0 Å². The van der Waals surface area contributed by atoms with Gasteiger partial charge in [0, 0.05) is 32.2 Å². The Balaban J connectivity index is 2.44. The summed E-state index contributed by atoms with van der Waals surface area (Å²) in [6.45, 7) is 20.1. The van der Waals surface area contributed by atoms with E-state index in [9.17, 15) is 0 Å². The third kappa shape index (κ3) is 6.36. The maximum atomic E-state index is 4.34. The highest BCUT2D eigenvalue weighted by Crippen LogP contribution is 2.24. The van der Waals surface area contributed by atoms with E-state index in [1.54, 1.807) is 0 Å². The van der Waals surface area contributed by atoms with Crippen LogP contribution in [0.4, 0.5) is 0 Å². The maximum Gasteiger partial charge on any atom is 0.0306 e. The molecule has 0 aromatic rings. The van der Waals surface area contributed by atoms with Gasteiger partial charge < -0.3 is 4.90 Å². The lowest BCUT2D eigenvalue weighted by molar-refractivity contribution is 0.121. The largest absolute Gasteiger partial charge is 0.304 e. The summed E-state index contributed by atoms with van der Waals surface area (Å²) in [6.07, 6.45) is 6.24. The molecule has 1 heterocycles. The molecule has 0 amide bonds. The molecule has 2 unspecified atom stereocenters. The Labute approximate surface area is 132 Å². The number of allylic oxidation sites excluding steroid dienone is 1. The normalized spacial score (nSPS) is 20.2. The summed E-state index contributed by atoms with van der Waals surface area (Å²) in [7, 11) is 2.21. The quantitative estimate of drug-likeness (QED) is 0.583. The van der Waals surface area contributed by atoms with Gasteiger partial charge in [-0.05, 0) is 39.2 Å². The minimum absolute atomic E-state index is 0.536. The minimum Gasteiger partial charge on any atom is -0.304 e. The molecule has 21 heavy (non-hydrogen) atoms. The van der Waals surface area contributed by atoms with Crippen molar-refractivity contribution in [1.29, 1.82) is 0 Å². The lowest BCUT2D eigenvalue weighted by Gasteiger charge is -2.38. The van der Waals surface area contributed by atoms with Crippen LogP contribution >= 0.6 is 0 Å². The van der Waals surface area contributed by atoms with E-state index in [-0.39, 0.29) is 0 Å². The van der Waals surface area contributed by atoms with Crippen LogP contribution in [0.25, 0.3) is 0 Å². The van der Waals surface area contributed by atoms with Crippen LogP contribution in [0, 0.1) is 5.92 Å². The SMILES string of the molecule is C=C(CCC(C(=C)C)N1CCN(C)CC1)C(C)CCCC. The number of hydrogen-bond donors (Lipinski definition) is 0. The van der Waals surface area contributed by atoms with Crippen LogP contribution in [0.1, 0.15) is 52.9 Å². The van der Waals surface area contributed by atoms with Gasteiger partial charge in [-0.15, -0.1) is 0 Å². The van der Waals surface area contributed by atoms with Crippen molar-refractivity contribution in [3.05, 3.63) is 24.3 Å². The van der Waals surface area contributed by atoms with Gasteiger partial charge in [-0.2, -0.15) is 0 Å². The summed E-state index contributed by atoms with van der Waals surface area (Å²) in [4.78, 5) is 5.03. The molecule has 2 atom stereocenters. The second-order valence-corrected chi connectivity index (χ2v) is 6.94. The first-order valence-electron chi connectivity index (χ1n) is 8.71. The predicted molar refractivity (Wildman–Crippen MR) is 94.7 cm³/mol. The Morgan fingerprint density at radius 2 is 1.71 bits per heavy atom. The summed E-state index contributed by atoms with van der Waals surface area (Å²) >= 11 is 0. The third-order valence-electron chi connectivity index (χ3n) is 4.97. The van der Waals surface area contributed by atoms with Crippen molar-refractivity contribution in [1.82, 2.24) is 9.80 Å². The van der Waals surface area contributed by atoms with Crippen LogP contribution in [-0.4, -0.2) is 49.1 Å². The number of nitrogens with zero attached hydrogens (tertiary/aromatic N) is 2. The molecule has 122 valence electrons. The molecule has 1 saturated heterocycles. The molecule has 2 nitrogen and oxygen atoms in total. The van der Waals surface area contributed by atoms with Gasteiger partial charge in [0.2, 0.25) is 0 Å². The fourth-order valence-corrected chi connectivity index (χ4v) is 3.16. The molecule has 0 aliphatic carbocycles. The van der Waals surface area contributed by atoms with Gasteiger partial charge >= 0.3 is 0 Å². The molecule has 0 spiro atoms. The number of hydrogen-bond acceptors (Lipinski definition) is 2. The van der Waals surface area contributed by atoms with Crippen molar-refractivity contribution in [3.8, 4) is 0 Å². The second-order valence-electron chi connectivity index (χ2n) is 6.94. The van der Waals surface area contributed by atoms with Crippen molar-refractivity contribution in [3.63, 3.8) is 0 Å². The fraction of sp³-hybridized carbons (Fsp3) is 0.789. The molecular weight excluding hydrogens is 256 g/mol. The van der Waals surface area contributed by atoms with Crippen molar-refractivity contribution >= 4 is 0 Å². The Kier molecular flexibility index (Phi) is 8.28. The van der Waals surface area contributed by atoms with Crippen LogP contribution in [-0.2, 0) is 0 Å². The molecule has 0 saturated carbocycles. The topological polar surface area (TPSA) is 6.48 Å². The van der Waals surface area contributed by atoms with Crippen LogP contribution in [0.15, 0.2) is 24.3 Å². The average molecular weight is 293 g/mol. The van der Waals surface area contributed by atoms with Crippen LogP contribution < -0.4 is 0 Å². The van der Waals surface area contributed by atoms with Crippen LogP contribution in [0.2, 0.25) is 0 Å². The average Bonchev–Trinajstić information content (AvgIpc) is 2.46. The first-order valence-corrected chi connectivity index (χ1v) is 8.71. The standard InChI is InChI=1S/C19H36N2/c1-7-8-9-17(4)18(5)10-11-19(16(2)3)21-14-12-20(6)13-15-21/h17,19H,2,5,7-15H2,1,3-4,6H3. The molecule has 1 aliphatic rings. The van der Waals surface area contributed by atoms with Crippen molar-refractivity contribution < 1.29 is 0 Å². The molecule has 0 radical (unpaired) electrons. The minimum atomic E-state index is 0.536. The number of unbranched alkanes of at least 4 members (excludes halogenated alkanes) is 1. The zero-order chi connectivity index (χ0) is 15.8. The van der Waals surface area contributed by atoms with E-state index < -0.39 is 0 Å². The molecule has 0 aromatic heterocycles. The second kappa shape index (κ2) is 9.42. The Bertz CT molecular complexity index is 326. The molecule has 1 rings (SSSR count). The zero-order valence-electron chi connectivity index (χ0n) is 14.8. The van der Waals surface area contributed by atoms with Crippen molar-refractivity contribution in [2.45, 2.75) is 58.9 Å². The Morgan fingerprint density at radius 1 is 1.10 bits per heavy atom. The van der Waals surface area contributed by atoms with E-state index in [1.165, 1.54) is 63.0 Å². The smallest absolute Gasteiger partial charge is 0.0306 e. The van der Waals surface area contributed by atoms with E-state index in [1.807, 2.05) is 0 Å². The molecule has 0 aromatic carbocycles. The number of rotatable bonds is 9. The lowest BCUT2D eigenvalue weighted by Crippen LogP contribution is -2.49. The molecule has 1 fully saturated rings. The first kappa shape index (κ1) is 18.4. The molecule has 0 N–H and O–H groups in total. The summed E-state index contributed by atoms with van der Waals surface area (Å²) in [5.41, 5.74) is 2.75. The highest BCUT2D eigenvalue weighted by atomic mass is 15.3. The Morgan fingerprint density at radius 3 is 2.24 bits per heavy atom. The van der Waals surface area contributed by atoms with Crippen LogP contribution in [0.3, 0.4) is 0 Å². The van der Waals surface area contributed by atoms with E-state index in [0.29, 0.717) is 12.0 Å². The summed E-state index contributed by atoms with van der Waals surface area (Å²) < 4.78 is 0. The van der Waals surface area contributed by atoms with Gasteiger partial charge in [-0.25, -0.2) is 0 Å². The van der Waals surface area contributed by atoms with Gasteiger partial charge in [0.05, 0.1) is 0 Å². The van der Waals surface area contributed by atoms with Gasteiger partial charge in [-0.1, -0.05) is 51.0 Å². The van der Waals surface area contributed by atoms with Crippen LogP contribution in [0.5, 0.6) is 0 Å². The third-order valence-corrected chi connectivity index (χ3v) is 4.97. The van der Waals surface area contributed by atoms with E-state index in [2.05, 4.69) is 50.8 Å². The lowest BCUT2D eigenvalue weighted by atomic mass is 9.90. The molecule has 0 bridgehead atoms. The fourth-order valence-electron chi connectivity index (χ4n) is 3.16. The van der Waals surface area contributed by atoms with E-state index in [4.69, 9.17) is 0 Å². The predicted octanol–water partition coefficient (Wildman–Crippen LogP) is 4.34. The highest BCUT2D eigenvalue weighted by Gasteiger charge is 2.23. The Hall–Kier alpha value is -0.600. The number of likely N-dealkylation sites (N-methyl/N-ethyl adjacent to an activating group) is 1. The van der Waals surface area contributed by atoms with Gasteiger partial charge in [-0.3, -0.25) is 4.90 Å². The maximum absolute atomic E-state index is 4.34. The van der Waals surface area contributed by atoms with Gasteiger partial charge in [0.15, 0.2) is 0 Å². The summed E-state index contributed by atoms with van der Waals surface area (Å²) in [5, 5.41) is 0. The number of piperazine rings is 1. The van der Waals surface area contributed by atoms with E-state index >= 15 is 0 Å². The summed E-state index contributed by atoms with van der Waals surface area (Å²) in [5.74, 6) is 0.670. The monoisotopic (exact) mass is 292 g/mol. The van der Waals surface area contributed by atoms with Crippen molar-refractivity contribution in [2.24, 2.45) is 5.92 Å². The first-order chi connectivity index (χ1) is 9.95. The summed E-state index contributed by atoms with van der Waals surface area (Å²) in [6, 6.07) is 0.536. The van der Waals surface area contributed by atoms with Gasteiger partial charge in [0.1, 0.15) is 0 Å². The highest BCUT2D eigenvalue weighted by molar-refractivity contribution is 5.07. The van der Waals surface area contributed by atoms with Crippen molar-refractivity contribution in [2.75, 3.05) is 33.2 Å². The molecular formula is C19H36N2. The van der Waals surface area contributed by atoms with E-state index in [0.717, 1.165) is 6.42 Å². The molecule has 1 aliphatic heterocycles.